The Morgan fingerprint density at radius 1 is 1.18 bits per heavy atom. The number of rotatable bonds is 5. The molecular weight excluding hydrogens is 328 g/mol. The summed E-state index contributed by atoms with van der Waals surface area (Å²) in [4.78, 5) is 12.1. The third kappa shape index (κ3) is 3.68. The van der Waals surface area contributed by atoms with E-state index in [1.165, 1.54) is 19.2 Å². The Hall–Kier alpha value is -1.83. The average molecular weight is 343 g/mol. The summed E-state index contributed by atoms with van der Waals surface area (Å²) in [5.74, 6) is -0.574. The first-order valence-electron chi connectivity index (χ1n) is 6.43. The van der Waals surface area contributed by atoms with Gasteiger partial charge in [0.25, 0.3) is 15.9 Å². The summed E-state index contributed by atoms with van der Waals surface area (Å²) in [6.45, 7) is 1.80. The maximum atomic E-state index is 12.1. The van der Waals surface area contributed by atoms with Crippen LogP contribution in [0.4, 0.5) is 0 Å². The molecule has 1 amide bonds. The first-order valence-corrected chi connectivity index (χ1v) is 8.29. The standard InChI is InChI=1S/C14H15ClN2O4S/c1-9(10-3-5-11(15)6-4-10)17-14(18)12-7-8-13(21-12)22(19,20)16-2/h3-9,16H,1-2H3,(H,17,18)/t9-/m0/s1. The largest absolute Gasteiger partial charge is 0.438 e. The van der Waals surface area contributed by atoms with Crippen LogP contribution in [-0.2, 0) is 10.0 Å². The second-order valence-electron chi connectivity index (χ2n) is 4.57. The minimum Gasteiger partial charge on any atom is -0.438 e. The number of furan rings is 1. The Morgan fingerprint density at radius 3 is 2.41 bits per heavy atom. The minimum atomic E-state index is -3.71. The number of benzene rings is 1. The average Bonchev–Trinajstić information content (AvgIpc) is 2.98. The van der Waals surface area contributed by atoms with Crippen molar-refractivity contribution in [1.82, 2.24) is 10.0 Å². The van der Waals surface area contributed by atoms with E-state index in [9.17, 15) is 13.2 Å². The topological polar surface area (TPSA) is 88.4 Å². The third-order valence-corrected chi connectivity index (χ3v) is 4.59. The summed E-state index contributed by atoms with van der Waals surface area (Å²) < 4.78 is 30.3. The van der Waals surface area contributed by atoms with Crippen LogP contribution in [-0.4, -0.2) is 21.4 Å². The molecule has 1 aromatic heterocycles. The molecule has 2 N–H and O–H groups in total. The number of hydrogen-bond donors (Lipinski definition) is 2. The molecule has 0 saturated carbocycles. The maximum absolute atomic E-state index is 12.1. The highest BCUT2D eigenvalue weighted by atomic mass is 35.5. The predicted octanol–water partition coefficient (Wildman–Crippen LogP) is 2.33. The maximum Gasteiger partial charge on any atom is 0.287 e. The normalized spacial score (nSPS) is 12.9. The summed E-state index contributed by atoms with van der Waals surface area (Å²) >= 11 is 5.81. The second kappa shape index (κ2) is 6.51. The zero-order valence-electron chi connectivity index (χ0n) is 12.0. The molecule has 2 rings (SSSR count). The summed E-state index contributed by atoms with van der Waals surface area (Å²) in [5.41, 5.74) is 0.868. The molecule has 22 heavy (non-hydrogen) atoms. The van der Waals surface area contributed by atoms with E-state index in [1.54, 1.807) is 31.2 Å². The van der Waals surface area contributed by atoms with Gasteiger partial charge in [0.2, 0.25) is 5.09 Å². The van der Waals surface area contributed by atoms with Gasteiger partial charge in [-0.3, -0.25) is 4.79 Å². The molecule has 2 aromatic rings. The molecule has 118 valence electrons. The van der Waals surface area contributed by atoms with Gasteiger partial charge in [-0.1, -0.05) is 23.7 Å². The van der Waals surface area contributed by atoms with E-state index in [2.05, 4.69) is 10.0 Å². The fourth-order valence-corrected chi connectivity index (χ4v) is 2.56. The lowest BCUT2D eigenvalue weighted by atomic mass is 10.1. The summed E-state index contributed by atoms with van der Waals surface area (Å²) in [7, 11) is -2.44. The van der Waals surface area contributed by atoms with Crippen LogP contribution in [0, 0.1) is 0 Å². The van der Waals surface area contributed by atoms with Crippen molar-refractivity contribution in [2.75, 3.05) is 7.05 Å². The van der Waals surface area contributed by atoms with Gasteiger partial charge < -0.3 is 9.73 Å². The predicted molar refractivity (Wildman–Crippen MR) is 82.3 cm³/mol. The Balaban J connectivity index is 2.11. The molecule has 1 heterocycles. The molecule has 0 fully saturated rings. The molecule has 0 bridgehead atoms. The van der Waals surface area contributed by atoms with Crippen LogP contribution in [0.3, 0.4) is 0 Å². The van der Waals surface area contributed by atoms with Crippen LogP contribution in [0.15, 0.2) is 45.9 Å². The fraction of sp³-hybridized carbons (Fsp3) is 0.214. The molecule has 0 saturated heterocycles. The van der Waals surface area contributed by atoms with Crippen molar-refractivity contribution in [1.29, 1.82) is 0 Å². The van der Waals surface area contributed by atoms with Crippen LogP contribution in [0.1, 0.15) is 29.1 Å². The van der Waals surface area contributed by atoms with Crippen LogP contribution in [0.5, 0.6) is 0 Å². The zero-order valence-corrected chi connectivity index (χ0v) is 13.5. The lowest BCUT2D eigenvalue weighted by Crippen LogP contribution is -2.26. The number of sulfonamides is 1. The van der Waals surface area contributed by atoms with Crippen molar-refractivity contribution in [3.05, 3.63) is 52.7 Å². The van der Waals surface area contributed by atoms with Crippen molar-refractivity contribution in [3.63, 3.8) is 0 Å². The Morgan fingerprint density at radius 2 is 1.82 bits per heavy atom. The molecule has 1 atom stereocenters. The summed E-state index contributed by atoms with van der Waals surface area (Å²) in [6.07, 6.45) is 0. The lowest BCUT2D eigenvalue weighted by molar-refractivity contribution is 0.0906. The highest BCUT2D eigenvalue weighted by Gasteiger charge is 2.20. The molecule has 8 heteroatoms. The van der Waals surface area contributed by atoms with Gasteiger partial charge in [-0.25, -0.2) is 13.1 Å². The van der Waals surface area contributed by atoms with E-state index in [0.29, 0.717) is 5.02 Å². The molecule has 0 aliphatic heterocycles. The van der Waals surface area contributed by atoms with E-state index < -0.39 is 15.9 Å². The van der Waals surface area contributed by atoms with Crippen molar-refractivity contribution < 1.29 is 17.6 Å². The van der Waals surface area contributed by atoms with Gasteiger partial charge in [-0.15, -0.1) is 0 Å². The van der Waals surface area contributed by atoms with E-state index in [1.807, 2.05) is 0 Å². The van der Waals surface area contributed by atoms with Gasteiger partial charge in [0.05, 0.1) is 6.04 Å². The van der Waals surface area contributed by atoms with E-state index in [4.69, 9.17) is 16.0 Å². The molecule has 0 aliphatic carbocycles. The monoisotopic (exact) mass is 342 g/mol. The van der Waals surface area contributed by atoms with Crippen LogP contribution in [0.25, 0.3) is 0 Å². The van der Waals surface area contributed by atoms with Crippen LogP contribution < -0.4 is 10.0 Å². The van der Waals surface area contributed by atoms with Gasteiger partial charge >= 0.3 is 0 Å². The Bertz CT molecular complexity index is 768. The van der Waals surface area contributed by atoms with E-state index in [-0.39, 0.29) is 16.9 Å². The minimum absolute atomic E-state index is 0.0744. The Labute approximate surface area is 133 Å². The van der Waals surface area contributed by atoms with Gasteiger partial charge in [-0.05, 0) is 43.8 Å². The molecule has 6 nitrogen and oxygen atoms in total. The highest BCUT2D eigenvalue weighted by molar-refractivity contribution is 7.89. The SMILES string of the molecule is CNS(=O)(=O)c1ccc(C(=O)N[C@@H](C)c2ccc(Cl)cc2)o1. The van der Waals surface area contributed by atoms with Gasteiger partial charge in [0, 0.05) is 5.02 Å². The number of carbonyl (C=O) groups is 1. The smallest absolute Gasteiger partial charge is 0.287 e. The van der Waals surface area contributed by atoms with Crippen molar-refractivity contribution >= 4 is 27.5 Å². The molecule has 1 aromatic carbocycles. The molecule has 0 aliphatic rings. The zero-order chi connectivity index (χ0) is 16.3. The first-order chi connectivity index (χ1) is 10.3. The number of amides is 1. The van der Waals surface area contributed by atoms with Crippen molar-refractivity contribution in [3.8, 4) is 0 Å². The summed E-state index contributed by atoms with van der Waals surface area (Å²) in [6, 6.07) is 9.31. The van der Waals surface area contributed by atoms with Gasteiger partial charge in [0.1, 0.15) is 0 Å². The van der Waals surface area contributed by atoms with Crippen LogP contribution in [0.2, 0.25) is 5.02 Å². The quantitative estimate of drug-likeness (QED) is 0.872. The molecule has 0 unspecified atom stereocenters. The fourth-order valence-electron chi connectivity index (χ4n) is 1.79. The van der Waals surface area contributed by atoms with Crippen molar-refractivity contribution in [2.45, 2.75) is 18.1 Å². The van der Waals surface area contributed by atoms with E-state index in [0.717, 1.165) is 5.56 Å². The lowest BCUT2D eigenvalue weighted by Gasteiger charge is -2.13. The number of carbonyl (C=O) groups excluding carboxylic acids is 1. The number of nitrogens with one attached hydrogen (secondary N) is 2. The number of hydrogen-bond acceptors (Lipinski definition) is 4. The van der Waals surface area contributed by atoms with Crippen LogP contribution >= 0.6 is 11.6 Å². The van der Waals surface area contributed by atoms with Crippen molar-refractivity contribution in [2.24, 2.45) is 0 Å². The highest BCUT2D eigenvalue weighted by Crippen LogP contribution is 2.18. The Kier molecular flexibility index (Phi) is 4.90. The number of halogens is 1. The molecule has 0 radical (unpaired) electrons. The summed E-state index contributed by atoms with van der Waals surface area (Å²) in [5, 5.41) is 3.02. The first kappa shape index (κ1) is 16.5. The molecular formula is C14H15ClN2O4S. The third-order valence-electron chi connectivity index (χ3n) is 3.06. The van der Waals surface area contributed by atoms with E-state index >= 15 is 0 Å². The van der Waals surface area contributed by atoms with Gasteiger partial charge in [-0.2, -0.15) is 0 Å². The molecule has 0 spiro atoms. The second-order valence-corrected chi connectivity index (χ2v) is 6.83. The van der Waals surface area contributed by atoms with Gasteiger partial charge in [0.15, 0.2) is 5.76 Å².